The van der Waals surface area contributed by atoms with E-state index < -0.39 is 50.8 Å². The number of aromatic nitrogens is 1. The van der Waals surface area contributed by atoms with Crippen LogP contribution in [0.3, 0.4) is 0 Å². The van der Waals surface area contributed by atoms with Crippen LogP contribution in [0.4, 0.5) is 4.79 Å². The molecule has 4 bridgehead atoms. The van der Waals surface area contributed by atoms with Crippen LogP contribution in [-0.4, -0.2) is 115 Å². The minimum absolute atomic E-state index is 0.0549. The summed E-state index contributed by atoms with van der Waals surface area (Å²) in [4.78, 5) is 65.2. The molecule has 5 amide bonds. The molecule has 3 saturated carbocycles. The number of benzene rings is 1. The number of hydrogen-bond donors (Lipinski definition) is 3. The monoisotopic (exact) mass is 808 g/mol. The van der Waals surface area contributed by atoms with Gasteiger partial charge in [-0.15, -0.1) is 0 Å². The van der Waals surface area contributed by atoms with E-state index in [2.05, 4.69) is 21.4 Å². The van der Waals surface area contributed by atoms with Gasteiger partial charge in [-0.1, -0.05) is 32.6 Å². The Balaban J connectivity index is 1.12. The van der Waals surface area contributed by atoms with E-state index >= 15 is 0 Å². The molecule has 15 nitrogen and oxygen atoms in total. The summed E-state index contributed by atoms with van der Waals surface area (Å²) >= 11 is 0. The minimum atomic E-state index is -3.86. The van der Waals surface area contributed by atoms with Crippen molar-refractivity contribution in [2.75, 3.05) is 33.4 Å². The molecule has 0 spiro atoms. The van der Waals surface area contributed by atoms with Crippen molar-refractivity contribution >= 4 is 44.7 Å². The van der Waals surface area contributed by atoms with Gasteiger partial charge in [0.1, 0.15) is 29.5 Å². The Morgan fingerprint density at radius 2 is 1.82 bits per heavy atom. The zero-order valence-electron chi connectivity index (χ0n) is 33.0. The summed E-state index contributed by atoms with van der Waals surface area (Å²) in [5, 5.41) is 6.36. The third-order valence-corrected chi connectivity index (χ3v) is 14.8. The van der Waals surface area contributed by atoms with Gasteiger partial charge in [-0.05, 0) is 87.8 Å². The van der Waals surface area contributed by atoms with Crippen LogP contribution >= 0.6 is 0 Å². The van der Waals surface area contributed by atoms with Crippen molar-refractivity contribution < 1.29 is 41.8 Å². The largest absolute Gasteiger partial charge is 0.497 e. The molecule has 3 aliphatic heterocycles. The van der Waals surface area contributed by atoms with Gasteiger partial charge < -0.3 is 34.6 Å². The number of nitrogens with zero attached hydrogens (tertiary/aromatic N) is 3. The summed E-state index contributed by atoms with van der Waals surface area (Å²) in [6.45, 7) is 3.51. The van der Waals surface area contributed by atoms with Crippen molar-refractivity contribution in [2.24, 2.45) is 11.8 Å². The predicted octanol–water partition coefficient (Wildman–Crippen LogP) is 3.57. The maximum atomic E-state index is 14.9. The normalized spacial score (nSPS) is 30.1. The van der Waals surface area contributed by atoms with Gasteiger partial charge in [0.25, 0.3) is 5.91 Å². The molecule has 4 heterocycles. The molecule has 6 aliphatic rings. The van der Waals surface area contributed by atoms with Crippen molar-refractivity contribution in [3.05, 3.63) is 29.8 Å². The Morgan fingerprint density at radius 1 is 1.02 bits per heavy atom. The fraction of sp³-hybridized carbons (Fsp3) is 0.683. The number of methoxy groups -OCH3 is 1. The molecule has 1 unspecified atom stereocenters. The Bertz CT molecular complexity index is 1990. The first-order chi connectivity index (χ1) is 27.5. The molecule has 3 N–H and O–H groups in total. The van der Waals surface area contributed by atoms with Gasteiger partial charge in [0.2, 0.25) is 27.7 Å². The van der Waals surface area contributed by atoms with Crippen LogP contribution in [0, 0.1) is 11.8 Å². The predicted molar refractivity (Wildman–Crippen MR) is 210 cm³/mol. The van der Waals surface area contributed by atoms with Crippen molar-refractivity contribution in [1.29, 1.82) is 0 Å². The molecule has 8 rings (SSSR count). The van der Waals surface area contributed by atoms with Gasteiger partial charge in [0, 0.05) is 43.1 Å². The topological polar surface area (TPSA) is 186 Å². The SMILES string of the molecule is CCC1C[C@]1(NC(=O)[C@@H]1C[C@@H]2CN1C(=O)[C@H](C1CCCC1)NC(=O)N1CC[C@@H](C1)OCCCCCc1cc3ccc(OC)cc3nc1O2)C(=O)NS(=O)(=O)C1CC1. The molecular weight excluding hydrogens is 753 g/mol. The smallest absolute Gasteiger partial charge is 0.318 e. The molecule has 16 heteroatoms. The first kappa shape index (κ1) is 39.6. The highest BCUT2D eigenvalue weighted by Gasteiger charge is 2.62. The van der Waals surface area contributed by atoms with Gasteiger partial charge in [-0.3, -0.25) is 19.1 Å². The lowest BCUT2D eigenvalue weighted by atomic mass is 9.96. The second kappa shape index (κ2) is 16.2. The summed E-state index contributed by atoms with van der Waals surface area (Å²) in [7, 11) is -2.26. The van der Waals surface area contributed by atoms with Gasteiger partial charge >= 0.3 is 6.03 Å². The number of nitrogens with one attached hydrogen (secondary N) is 3. The van der Waals surface area contributed by atoms with Crippen molar-refractivity contribution in [2.45, 2.75) is 132 Å². The van der Waals surface area contributed by atoms with Crippen LogP contribution in [0.2, 0.25) is 0 Å². The molecule has 310 valence electrons. The number of amides is 5. The quantitative estimate of drug-likeness (QED) is 0.356. The Morgan fingerprint density at radius 3 is 2.56 bits per heavy atom. The van der Waals surface area contributed by atoms with Crippen LogP contribution in [0.15, 0.2) is 24.3 Å². The number of sulfonamides is 1. The van der Waals surface area contributed by atoms with E-state index in [9.17, 15) is 27.6 Å². The summed E-state index contributed by atoms with van der Waals surface area (Å²) in [6.07, 6.45) is 8.67. The van der Waals surface area contributed by atoms with E-state index in [1.165, 1.54) is 4.90 Å². The van der Waals surface area contributed by atoms with Crippen molar-refractivity contribution in [3.63, 3.8) is 0 Å². The molecule has 0 radical (unpaired) electrons. The summed E-state index contributed by atoms with van der Waals surface area (Å²) in [5.74, 6) is -0.978. The van der Waals surface area contributed by atoms with Crippen LogP contribution in [0.5, 0.6) is 11.6 Å². The number of ether oxygens (including phenoxy) is 3. The van der Waals surface area contributed by atoms with Crippen LogP contribution in [0.1, 0.15) is 96.0 Å². The molecule has 57 heavy (non-hydrogen) atoms. The van der Waals surface area contributed by atoms with Gasteiger partial charge in [0.15, 0.2) is 0 Å². The van der Waals surface area contributed by atoms with Crippen LogP contribution in [0.25, 0.3) is 10.9 Å². The molecule has 6 atom stereocenters. The Kier molecular flexibility index (Phi) is 11.3. The number of carbonyl (C=O) groups excluding carboxylic acids is 4. The number of rotatable bonds is 8. The number of carbonyl (C=O) groups is 4. The number of pyridine rings is 1. The number of fused-ring (bicyclic) bond motifs is 6. The average molecular weight is 809 g/mol. The third-order valence-electron chi connectivity index (χ3n) is 13.0. The van der Waals surface area contributed by atoms with Crippen LogP contribution < -0.4 is 24.8 Å². The first-order valence-electron chi connectivity index (χ1n) is 21.0. The Hall–Kier alpha value is -4.18. The summed E-state index contributed by atoms with van der Waals surface area (Å²) in [5.41, 5.74) is 0.185. The highest BCUT2D eigenvalue weighted by atomic mass is 32.2. The van der Waals surface area contributed by atoms with Gasteiger partial charge in [-0.2, -0.15) is 0 Å². The lowest BCUT2D eigenvalue weighted by molar-refractivity contribution is -0.142. The van der Waals surface area contributed by atoms with E-state index in [1.54, 1.807) is 12.0 Å². The lowest BCUT2D eigenvalue weighted by Gasteiger charge is -2.33. The number of urea groups is 1. The Labute approximate surface area is 334 Å². The second-order valence-corrected chi connectivity index (χ2v) is 18.9. The fourth-order valence-corrected chi connectivity index (χ4v) is 10.7. The maximum absolute atomic E-state index is 14.9. The minimum Gasteiger partial charge on any atom is -0.497 e. The van der Waals surface area contributed by atoms with Crippen molar-refractivity contribution in [1.82, 2.24) is 30.1 Å². The third kappa shape index (κ3) is 8.39. The molecule has 3 aliphatic carbocycles. The highest BCUT2D eigenvalue weighted by Crippen LogP contribution is 2.47. The average Bonchev–Trinajstić information content (AvgIpc) is 3.97. The standard InChI is InChI=1S/C41H56N6O9S/c1-3-28-22-41(28,39(50)45-57(52,53)32-14-15-32)44-36(48)34-21-31-24-47(34)38(49)35(25-9-6-7-10-25)43-40(51)46-17-16-30(23-46)55-18-8-4-5-11-27-19-26-12-13-29(54-2)20-33(26)42-37(27)56-31/h12-13,19-20,25,28,30-32,34-35H,3-11,14-18,21-24H2,1-2H3,(H,43,51)(H,44,48)(H,45,50)/t28?,30-,31+,34-,35-,41+/m0/s1. The second-order valence-electron chi connectivity index (χ2n) is 16.9. The molecule has 2 aromatic rings. The first-order valence-corrected chi connectivity index (χ1v) is 22.5. The molecule has 5 fully saturated rings. The van der Waals surface area contributed by atoms with E-state index in [4.69, 9.17) is 19.2 Å². The van der Waals surface area contributed by atoms with Crippen molar-refractivity contribution in [3.8, 4) is 11.6 Å². The molecule has 1 aromatic heterocycles. The van der Waals surface area contributed by atoms with E-state index in [0.717, 1.165) is 62.3 Å². The summed E-state index contributed by atoms with van der Waals surface area (Å²) < 4.78 is 46.3. The summed E-state index contributed by atoms with van der Waals surface area (Å²) in [6, 6.07) is 5.53. The molecular formula is C41H56N6O9S. The van der Waals surface area contributed by atoms with Crippen LogP contribution in [-0.2, 0) is 35.6 Å². The fourth-order valence-electron chi connectivity index (χ4n) is 9.38. The van der Waals surface area contributed by atoms with E-state index in [1.807, 2.05) is 25.1 Å². The maximum Gasteiger partial charge on any atom is 0.318 e. The molecule has 1 aromatic carbocycles. The van der Waals surface area contributed by atoms with Gasteiger partial charge in [-0.25, -0.2) is 18.2 Å². The van der Waals surface area contributed by atoms with Gasteiger partial charge in [0.05, 0.1) is 30.5 Å². The van der Waals surface area contributed by atoms with E-state index in [-0.39, 0.29) is 49.3 Å². The highest BCUT2D eigenvalue weighted by molar-refractivity contribution is 7.91. The number of aryl methyl sites for hydroxylation is 1. The lowest BCUT2D eigenvalue weighted by Crippen LogP contribution is -2.60. The zero-order valence-corrected chi connectivity index (χ0v) is 33.8. The molecule has 2 saturated heterocycles. The number of hydrogen-bond acceptors (Lipinski definition) is 10. The zero-order chi connectivity index (χ0) is 39.9. The van der Waals surface area contributed by atoms with E-state index in [0.29, 0.717) is 62.5 Å².